The van der Waals surface area contributed by atoms with Crippen molar-refractivity contribution < 1.29 is 28.6 Å². The minimum Gasteiger partial charge on any atom is -0.462 e. The van der Waals surface area contributed by atoms with Crippen molar-refractivity contribution in [2.75, 3.05) is 13.2 Å². The van der Waals surface area contributed by atoms with Gasteiger partial charge < -0.3 is 14.2 Å². The summed E-state index contributed by atoms with van der Waals surface area (Å²) < 4.78 is 16.7. The van der Waals surface area contributed by atoms with Crippen LogP contribution in [0.2, 0.25) is 0 Å². The monoisotopic (exact) mass is 875 g/mol. The molecule has 6 heteroatoms. The molecule has 0 aromatic rings. The van der Waals surface area contributed by atoms with Gasteiger partial charge in [-0.1, -0.05) is 240 Å². The minimum atomic E-state index is -0.808. The summed E-state index contributed by atoms with van der Waals surface area (Å²) in [6.45, 7) is 6.42. The van der Waals surface area contributed by atoms with Gasteiger partial charge in [0.2, 0.25) is 0 Å². The van der Waals surface area contributed by atoms with E-state index in [1.54, 1.807) is 0 Å². The zero-order valence-corrected chi connectivity index (χ0v) is 40.8. The Morgan fingerprint density at radius 1 is 0.333 bits per heavy atom. The van der Waals surface area contributed by atoms with Crippen LogP contribution in [-0.4, -0.2) is 37.2 Å². The molecule has 0 aliphatic carbocycles. The summed E-state index contributed by atoms with van der Waals surface area (Å²) in [5.41, 5.74) is 0. The van der Waals surface area contributed by atoms with E-state index in [-0.39, 0.29) is 37.5 Å². The first kappa shape index (κ1) is 59.3. The zero-order valence-electron chi connectivity index (χ0n) is 40.8. The van der Waals surface area contributed by atoms with Gasteiger partial charge in [0.25, 0.3) is 0 Å². The van der Waals surface area contributed by atoms with Gasteiger partial charge in [0.15, 0.2) is 6.10 Å². The fourth-order valence-electron chi connectivity index (χ4n) is 6.88. The first-order valence-corrected chi connectivity index (χ1v) is 25.8. The molecular formula is C57H94O6. The van der Waals surface area contributed by atoms with Gasteiger partial charge in [-0.2, -0.15) is 0 Å². The Labute approximate surface area is 387 Å². The van der Waals surface area contributed by atoms with Crippen LogP contribution >= 0.6 is 0 Å². The summed E-state index contributed by atoms with van der Waals surface area (Å²) in [6.07, 6.45) is 66.7. The number of rotatable bonds is 45. The van der Waals surface area contributed by atoms with Crippen LogP contribution < -0.4 is 0 Å². The quantitative estimate of drug-likeness (QED) is 0.0262. The summed E-state index contributed by atoms with van der Waals surface area (Å²) in [7, 11) is 0. The number of allylic oxidation sites excluding steroid dienone is 16. The van der Waals surface area contributed by atoms with Crippen molar-refractivity contribution in [1.29, 1.82) is 0 Å². The van der Waals surface area contributed by atoms with E-state index in [1.807, 2.05) is 60.8 Å². The van der Waals surface area contributed by atoms with Crippen molar-refractivity contribution in [3.05, 3.63) is 97.2 Å². The van der Waals surface area contributed by atoms with Gasteiger partial charge in [0.05, 0.1) is 0 Å². The third-order valence-corrected chi connectivity index (χ3v) is 10.8. The average Bonchev–Trinajstić information content (AvgIpc) is 3.28. The molecule has 0 radical (unpaired) electrons. The smallest absolute Gasteiger partial charge is 0.306 e. The lowest BCUT2D eigenvalue weighted by atomic mass is 10.0. The number of unbranched alkanes of at least 4 members (excludes halogenated alkanes) is 24. The molecule has 0 aromatic heterocycles. The maximum atomic E-state index is 12.8. The number of carbonyl (C=O) groups is 3. The largest absolute Gasteiger partial charge is 0.462 e. The predicted octanol–water partition coefficient (Wildman–Crippen LogP) is 17.0. The molecule has 358 valence electrons. The summed E-state index contributed by atoms with van der Waals surface area (Å²) >= 11 is 0. The van der Waals surface area contributed by atoms with Crippen LogP contribution in [0.4, 0.5) is 0 Å². The van der Waals surface area contributed by atoms with Crippen molar-refractivity contribution >= 4 is 17.9 Å². The fourth-order valence-corrected chi connectivity index (χ4v) is 6.88. The van der Waals surface area contributed by atoms with E-state index < -0.39 is 6.10 Å². The highest BCUT2D eigenvalue weighted by Gasteiger charge is 2.19. The van der Waals surface area contributed by atoms with Crippen LogP contribution in [0, 0.1) is 0 Å². The zero-order chi connectivity index (χ0) is 45.8. The van der Waals surface area contributed by atoms with Crippen molar-refractivity contribution in [2.24, 2.45) is 0 Å². The number of esters is 3. The number of hydrogen-bond acceptors (Lipinski definition) is 6. The molecule has 0 saturated carbocycles. The van der Waals surface area contributed by atoms with E-state index in [0.717, 1.165) is 83.5 Å². The lowest BCUT2D eigenvalue weighted by Crippen LogP contribution is -2.30. The highest BCUT2D eigenvalue weighted by Crippen LogP contribution is 2.14. The van der Waals surface area contributed by atoms with Crippen molar-refractivity contribution in [2.45, 2.75) is 232 Å². The second-order valence-electron chi connectivity index (χ2n) is 16.9. The Hall–Kier alpha value is -3.67. The summed E-state index contributed by atoms with van der Waals surface area (Å²) in [5.74, 6) is -0.976. The molecule has 0 amide bonds. The van der Waals surface area contributed by atoms with E-state index in [0.29, 0.717) is 12.8 Å². The topological polar surface area (TPSA) is 78.9 Å². The molecule has 6 nitrogen and oxygen atoms in total. The average molecular weight is 875 g/mol. The number of carbonyl (C=O) groups excluding carboxylic acids is 3. The van der Waals surface area contributed by atoms with Crippen LogP contribution in [0.5, 0.6) is 0 Å². The molecule has 0 bridgehead atoms. The first-order chi connectivity index (χ1) is 31.0. The summed E-state index contributed by atoms with van der Waals surface area (Å²) in [4.78, 5) is 38.0. The molecule has 0 saturated heterocycles. The van der Waals surface area contributed by atoms with E-state index in [4.69, 9.17) is 14.2 Å². The molecule has 1 atom stereocenters. The molecule has 0 aliphatic rings. The molecule has 0 heterocycles. The molecule has 0 N–H and O–H groups in total. The van der Waals surface area contributed by atoms with E-state index in [1.165, 1.54) is 103 Å². The third kappa shape index (κ3) is 49.2. The second kappa shape index (κ2) is 51.0. The lowest BCUT2D eigenvalue weighted by Gasteiger charge is -2.18. The van der Waals surface area contributed by atoms with Gasteiger partial charge in [0, 0.05) is 19.3 Å². The van der Waals surface area contributed by atoms with Crippen LogP contribution in [0.25, 0.3) is 0 Å². The van der Waals surface area contributed by atoms with Gasteiger partial charge in [-0.25, -0.2) is 0 Å². The fraction of sp³-hybridized carbons (Fsp3) is 0.667. The Bertz CT molecular complexity index is 1280. The maximum absolute atomic E-state index is 12.8. The van der Waals surface area contributed by atoms with Crippen LogP contribution in [0.15, 0.2) is 97.2 Å². The van der Waals surface area contributed by atoms with E-state index in [9.17, 15) is 14.4 Å². The Morgan fingerprint density at radius 2 is 0.619 bits per heavy atom. The van der Waals surface area contributed by atoms with Gasteiger partial charge in [-0.05, 0) is 64.2 Å². The lowest BCUT2D eigenvalue weighted by molar-refractivity contribution is -0.167. The van der Waals surface area contributed by atoms with E-state index >= 15 is 0 Å². The van der Waals surface area contributed by atoms with Crippen molar-refractivity contribution in [3.63, 3.8) is 0 Å². The number of ether oxygens (including phenoxy) is 3. The molecule has 0 aromatic carbocycles. The number of hydrogen-bond donors (Lipinski definition) is 0. The highest BCUT2D eigenvalue weighted by molar-refractivity contribution is 5.71. The Morgan fingerprint density at radius 3 is 1.00 bits per heavy atom. The highest BCUT2D eigenvalue weighted by atomic mass is 16.6. The molecule has 0 aliphatic heterocycles. The van der Waals surface area contributed by atoms with Gasteiger partial charge in [0.1, 0.15) is 13.2 Å². The molecule has 0 fully saturated rings. The molecule has 0 rings (SSSR count). The van der Waals surface area contributed by atoms with Crippen LogP contribution in [0.3, 0.4) is 0 Å². The molecule has 63 heavy (non-hydrogen) atoms. The van der Waals surface area contributed by atoms with Crippen LogP contribution in [-0.2, 0) is 28.6 Å². The molecular weight excluding hydrogens is 781 g/mol. The van der Waals surface area contributed by atoms with Crippen molar-refractivity contribution in [1.82, 2.24) is 0 Å². The normalized spacial score (nSPS) is 12.9. The standard InChI is InChI=1S/C57H94O6/c1-4-7-10-13-16-19-22-25-27-29-31-32-35-38-41-44-47-50-56(59)62-53-54(52-61-55(58)49-46-43-40-37-34-24-21-18-15-12-9-6-3)63-57(60)51-48-45-42-39-36-33-30-28-26-23-20-17-14-11-8-5-2/h7,10,13,16,19,22,25,27-33,35-36,54H,4-6,8-9,11-12,14-15,17-18,20-21,23-24,26,34,37-53H2,1-3H3/b10-7-,16-13-,22-19-,27-25-,30-28-,31-29+,35-32-,36-33-. The van der Waals surface area contributed by atoms with Gasteiger partial charge >= 0.3 is 17.9 Å². The second-order valence-corrected chi connectivity index (χ2v) is 16.9. The predicted molar refractivity (Wildman–Crippen MR) is 270 cm³/mol. The first-order valence-electron chi connectivity index (χ1n) is 25.8. The SMILES string of the molecule is CC\C=C/C=C\C=C/C=C\C=C\C=C/CCCCCC(=O)OCC(COC(=O)CCCCCCCCCCCCCC)OC(=O)CCCCC/C=C\C=C/CCCCCCCCC. The van der Waals surface area contributed by atoms with E-state index in [2.05, 4.69) is 57.2 Å². The Balaban J connectivity index is 4.53. The third-order valence-electron chi connectivity index (χ3n) is 10.8. The molecule has 1 unspecified atom stereocenters. The van der Waals surface area contributed by atoms with Gasteiger partial charge in [-0.15, -0.1) is 0 Å². The van der Waals surface area contributed by atoms with Crippen molar-refractivity contribution in [3.8, 4) is 0 Å². The van der Waals surface area contributed by atoms with Gasteiger partial charge in [-0.3, -0.25) is 14.4 Å². The minimum absolute atomic E-state index is 0.102. The molecule has 0 spiro atoms. The Kier molecular flexibility index (Phi) is 48.0. The summed E-state index contributed by atoms with van der Waals surface area (Å²) in [5, 5.41) is 0. The maximum Gasteiger partial charge on any atom is 0.306 e. The van der Waals surface area contributed by atoms with Crippen LogP contribution in [0.1, 0.15) is 226 Å². The summed E-state index contributed by atoms with van der Waals surface area (Å²) in [6, 6.07) is 0.